The molecule has 28 heavy (non-hydrogen) atoms. The van der Waals surface area contributed by atoms with Crippen LogP contribution in [0.25, 0.3) is 21.3 Å². The summed E-state index contributed by atoms with van der Waals surface area (Å²) >= 11 is 2.96. The second-order valence-corrected chi connectivity index (χ2v) is 8.49. The molecule has 2 aromatic heterocycles. The van der Waals surface area contributed by atoms with Gasteiger partial charge in [-0.05, 0) is 24.8 Å². The lowest BCUT2D eigenvalue weighted by atomic mass is 10.0. The van der Waals surface area contributed by atoms with Crippen molar-refractivity contribution in [2.24, 2.45) is 5.73 Å². The van der Waals surface area contributed by atoms with Gasteiger partial charge in [0.15, 0.2) is 0 Å². The maximum Gasteiger partial charge on any atom is 0.240 e. The molecule has 2 N–H and O–H groups in total. The third-order valence-electron chi connectivity index (χ3n) is 4.90. The number of carbonyl (C=O) groups is 2. The van der Waals surface area contributed by atoms with Crippen LogP contribution in [0, 0.1) is 0 Å². The van der Waals surface area contributed by atoms with Gasteiger partial charge in [-0.3, -0.25) is 9.59 Å². The van der Waals surface area contributed by atoms with Crippen LogP contribution in [-0.4, -0.2) is 45.0 Å². The Hall–Kier alpha value is -2.45. The Balaban J connectivity index is 1.57. The molecule has 1 aliphatic heterocycles. The molecule has 1 atom stereocenters. The lowest BCUT2D eigenvalue weighted by Gasteiger charge is -2.33. The molecule has 4 rings (SSSR count). The minimum atomic E-state index is -0.492. The highest BCUT2D eigenvalue weighted by Gasteiger charge is 2.30. The highest BCUT2D eigenvalue weighted by Crippen LogP contribution is 2.37. The Morgan fingerprint density at radius 3 is 2.82 bits per heavy atom. The second kappa shape index (κ2) is 8.28. The van der Waals surface area contributed by atoms with Crippen LogP contribution in [0.1, 0.15) is 19.3 Å². The number of thioether (sulfide) groups is 1. The number of primary amides is 1. The Bertz CT molecular complexity index is 1010. The summed E-state index contributed by atoms with van der Waals surface area (Å²) in [6.07, 6.45) is 4.01. The maximum atomic E-state index is 12.8. The number of piperidine rings is 1. The van der Waals surface area contributed by atoms with Gasteiger partial charge in [-0.1, -0.05) is 42.1 Å². The van der Waals surface area contributed by atoms with Crippen LogP contribution < -0.4 is 5.73 Å². The van der Waals surface area contributed by atoms with Crippen LogP contribution >= 0.6 is 23.1 Å². The first-order valence-corrected chi connectivity index (χ1v) is 11.0. The van der Waals surface area contributed by atoms with Crippen molar-refractivity contribution in [1.29, 1.82) is 0 Å². The zero-order valence-electron chi connectivity index (χ0n) is 15.2. The van der Waals surface area contributed by atoms with Gasteiger partial charge >= 0.3 is 0 Å². The van der Waals surface area contributed by atoms with Crippen molar-refractivity contribution in [3.63, 3.8) is 0 Å². The third kappa shape index (κ3) is 3.74. The van der Waals surface area contributed by atoms with E-state index in [2.05, 4.69) is 27.5 Å². The largest absolute Gasteiger partial charge is 0.368 e. The Morgan fingerprint density at radius 2 is 2.04 bits per heavy atom. The molecular formula is C20H20N4O2S2. The average molecular weight is 413 g/mol. The number of nitrogens with zero attached hydrogens (tertiary/aromatic N) is 3. The highest BCUT2D eigenvalue weighted by atomic mass is 32.2. The lowest BCUT2D eigenvalue weighted by molar-refractivity contribution is -0.138. The third-order valence-corrected chi connectivity index (χ3v) is 6.76. The summed E-state index contributed by atoms with van der Waals surface area (Å²) in [7, 11) is 0. The SMILES string of the molecule is NC(=O)C1CCCCN1C(=O)CSc1ncnc2scc(-c3ccccc3)c12. The maximum absolute atomic E-state index is 12.8. The summed E-state index contributed by atoms with van der Waals surface area (Å²) in [6.45, 7) is 0.583. The molecule has 0 aliphatic carbocycles. The van der Waals surface area contributed by atoms with Gasteiger partial charge in [-0.2, -0.15) is 0 Å². The van der Waals surface area contributed by atoms with E-state index in [1.165, 1.54) is 18.1 Å². The molecule has 2 amide bonds. The zero-order valence-corrected chi connectivity index (χ0v) is 16.8. The smallest absolute Gasteiger partial charge is 0.240 e. The number of rotatable bonds is 5. The molecule has 8 heteroatoms. The fourth-order valence-corrected chi connectivity index (χ4v) is 5.41. The van der Waals surface area contributed by atoms with Gasteiger partial charge in [0, 0.05) is 17.5 Å². The van der Waals surface area contributed by atoms with Crippen molar-refractivity contribution in [1.82, 2.24) is 14.9 Å². The number of likely N-dealkylation sites (tertiary alicyclic amines) is 1. The van der Waals surface area contributed by atoms with Crippen molar-refractivity contribution in [2.75, 3.05) is 12.3 Å². The number of carbonyl (C=O) groups excluding carboxylic acids is 2. The Labute approximate surface area is 171 Å². The van der Waals surface area contributed by atoms with E-state index in [0.29, 0.717) is 13.0 Å². The molecule has 0 radical (unpaired) electrons. The molecule has 3 heterocycles. The van der Waals surface area contributed by atoms with Crippen LogP contribution in [0.3, 0.4) is 0 Å². The number of nitrogens with two attached hydrogens (primary N) is 1. The van der Waals surface area contributed by atoms with Crippen LogP contribution in [-0.2, 0) is 9.59 Å². The molecule has 0 bridgehead atoms. The predicted molar refractivity (Wildman–Crippen MR) is 112 cm³/mol. The van der Waals surface area contributed by atoms with Crippen molar-refractivity contribution in [3.8, 4) is 11.1 Å². The van der Waals surface area contributed by atoms with Gasteiger partial charge in [-0.15, -0.1) is 11.3 Å². The summed E-state index contributed by atoms with van der Waals surface area (Å²) in [6, 6.07) is 9.60. The molecule has 1 aromatic carbocycles. The number of benzene rings is 1. The van der Waals surface area contributed by atoms with E-state index in [0.717, 1.165) is 39.2 Å². The number of amides is 2. The van der Waals surface area contributed by atoms with E-state index in [9.17, 15) is 9.59 Å². The quantitative estimate of drug-likeness (QED) is 0.513. The normalized spacial score (nSPS) is 17.0. The first-order valence-electron chi connectivity index (χ1n) is 9.14. The standard InChI is InChI=1S/C20H20N4O2S2/c21-18(26)15-8-4-5-9-24(15)16(25)11-28-20-17-14(13-6-2-1-3-7-13)10-27-19(17)22-12-23-20/h1-3,6-7,10,12,15H,4-5,8-9,11H2,(H2,21,26). The lowest BCUT2D eigenvalue weighted by Crippen LogP contribution is -2.51. The van der Waals surface area contributed by atoms with E-state index in [-0.39, 0.29) is 11.7 Å². The first-order chi connectivity index (χ1) is 13.6. The number of fused-ring (bicyclic) bond motifs is 1. The topological polar surface area (TPSA) is 89.2 Å². The average Bonchev–Trinajstić information content (AvgIpc) is 3.17. The van der Waals surface area contributed by atoms with Gasteiger partial charge in [0.1, 0.15) is 22.2 Å². The van der Waals surface area contributed by atoms with E-state index in [1.807, 2.05) is 18.2 Å². The highest BCUT2D eigenvalue weighted by molar-refractivity contribution is 8.00. The number of aromatic nitrogens is 2. The fourth-order valence-electron chi connectivity index (χ4n) is 3.53. The van der Waals surface area contributed by atoms with Crippen LogP contribution in [0.2, 0.25) is 0 Å². The van der Waals surface area contributed by atoms with Crippen LogP contribution in [0.5, 0.6) is 0 Å². The molecule has 0 saturated carbocycles. The van der Waals surface area contributed by atoms with Crippen LogP contribution in [0.4, 0.5) is 0 Å². The van der Waals surface area contributed by atoms with E-state index in [1.54, 1.807) is 16.2 Å². The van der Waals surface area contributed by atoms with E-state index < -0.39 is 11.9 Å². The summed E-state index contributed by atoms with van der Waals surface area (Å²) in [5.74, 6) is -0.275. The summed E-state index contributed by atoms with van der Waals surface area (Å²) in [5, 5.41) is 3.83. The molecule has 1 unspecified atom stereocenters. The number of hydrogen-bond acceptors (Lipinski definition) is 6. The van der Waals surface area contributed by atoms with Crippen molar-refractivity contribution < 1.29 is 9.59 Å². The Morgan fingerprint density at radius 1 is 1.21 bits per heavy atom. The molecule has 144 valence electrons. The number of thiophene rings is 1. The number of hydrogen-bond donors (Lipinski definition) is 1. The van der Waals surface area contributed by atoms with Gasteiger partial charge in [-0.25, -0.2) is 9.97 Å². The minimum absolute atomic E-state index is 0.0725. The molecule has 6 nitrogen and oxygen atoms in total. The predicted octanol–water partition coefficient (Wildman–Crippen LogP) is 3.32. The molecule has 3 aromatic rings. The fraction of sp³-hybridized carbons (Fsp3) is 0.300. The molecule has 1 saturated heterocycles. The molecule has 1 fully saturated rings. The van der Waals surface area contributed by atoms with Gasteiger partial charge in [0.2, 0.25) is 11.8 Å². The summed E-state index contributed by atoms with van der Waals surface area (Å²) < 4.78 is 0. The molecule has 0 spiro atoms. The van der Waals surface area contributed by atoms with Crippen molar-refractivity contribution >= 4 is 45.1 Å². The first kappa shape index (κ1) is 18.9. The van der Waals surface area contributed by atoms with Gasteiger partial charge in [0.05, 0.1) is 11.1 Å². The molecular weight excluding hydrogens is 392 g/mol. The van der Waals surface area contributed by atoms with E-state index >= 15 is 0 Å². The monoisotopic (exact) mass is 412 g/mol. The minimum Gasteiger partial charge on any atom is -0.368 e. The summed E-state index contributed by atoms with van der Waals surface area (Å²) in [4.78, 5) is 35.8. The molecule has 1 aliphatic rings. The van der Waals surface area contributed by atoms with Crippen molar-refractivity contribution in [2.45, 2.75) is 30.3 Å². The Kier molecular flexibility index (Phi) is 5.59. The van der Waals surface area contributed by atoms with Gasteiger partial charge < -0.3 is 10.6 Å². The van der Waals surface area contributed by atoms with Crippen molar-refractivity contribution in [3.05, 3.63) is 42.0 Å². The van der Waals surface area contributed by atoms with E-state index in [4.69, 9.17) is 5.73 Å². The second-order valence-electron chi connectivity index (χ2n) is 6.66. The van der Waals surface area contributed by atoms with Gasteiger partial charge in [0.25, 0.3) is 0 Å². The zero-order chi connectivity index (χ0) is 19.5. The summed E-state index contributed by atoms with van der Waals surface area (Å²) in [5.41, 5.74) is 7.66. The van der Waals surface area contributed by atoms with Crippen LogP contribution in [0.15, 0.2) is 47.1 Å².